The highest BCUT2D eigenvalue weighted by molar-refractivity contribution is 7.91. The van der Waals surface area contributed by atoms with Crippen LogP contribution in [0.3, 0.4) is 0 Å². The van der Waals surface area contributed by atoms with Crippen molar-refractivity contribution in [3.63, 3.8) is 0 Å². The lowest BCUT2D eigenvalue weighted by Gasteiger charge is -2.16. The summed E-state index contributed by atoms with van der Waals surface area (Å²) in [6, 6.07) is 5.00. The summed E-state index contributed by atoms with van der Waals surface area (Å²) in [6.07, 6.45) is 1.16. The van der Waals surface area contributed by atoms with Crippen molar-refractivity contribution in [1.82, 2.24) is 9.66 Å². The molecule has 2 aromatic rings. The number of fused-ring (bicyclic) bond motifs is 1. The Balaban J connectivity index is 2.90. The quantitative estimate of drug-likeness (QED) is 0.829. The average molecular weight is 254 g/mol. The second-order valence-corrected chi connectivity index (χ2v) is 6.01. The third-order valence-corrected chi connectivity index (χ3v) is 3.58. The maximum absolute atomic E-state index is 11.6. The lowest BCUT2D eigenvalue weighted by molar-refractivity contribution is 0.602. The first kappa shape index (κ1) is 11.7. The van der Waals surface area contributed by atoms with Gasteiger partial charge in [-0.1, -0.05) is 6.07 Å². The van der Waals surface area contributed by atoms with E-state index in [1.54, 1.807) is 21.8 Å². The van der Waals surface area contributed by atoms with Crippen molar-refractivity contribution in [1.29, 1.82) is 0 Å². The monoisotopic (exact) mass is 254 g/mol. The van der Waals surface area contributed by atoms with Gasteiger partial charge < -0.3 is 10.7 Å². The van der Waals surface area contributed by atoms with Gasteiger partial charge in [0.1, 0.15) is 5.52 Å². The SMILES string of the molecule is CN(C)n1c(N)nc2c(S(C)(=O)=O)cccc21. The van der Waals surface area contributed by atoms with Gasteiger partial charge in [-0.2, -0.15) is 0 Å². The van der Waals surface area contributed by atoms with Crippen molar-refractivity contribution in [3.05, 3.63) is 18.2 Å². The zero-order valence-corrected chi connectivity index (χ0v) is 10.7. The Kier molecular flexibility index (Phi) is 2.50. The van der Waals surface area contributed by atoms with E-state index in [0.29, 0.717) is 11.0 Å². The highest BCUT2D eigenvalue weighted by Gasteiger charge is 2.18. The van der Waals surface area contributed by atoms with E-state index >= 15 is 0 Å². The van der Waals surface area contributed by atoms with Crippen LogP contribution in [0, 0.1) is 0 Å². The first-order chi connectivity index (χ1) is 7.82. The van der Waals surface area contributed by atoms with Gasteiger partial charge in [0.15, 0.2) is 9.84 Å². The zero-order valence-electron chi connectivity index (χ0n) is 9.88. The molecule has 17 heavy (non-hydrogen) atoms. The molecule has 2 N–H and O–H groups in total. The maximum Gasteiger partial charge on any atom is 0.220 e. The molecule has 7 heteroatoms. The number of hydrogen-bond donors (Lipinski definition) is 1. The van der Waals surface area contributed by atoms with Crippen LogP contribution in [0.5, 0.6) is 0 Å². The van der Waals surface area contributed by atoms with E-state index in [1.165, 1.54) is 6.07 Å². The number of hydrogen-bond acceptors (Lipinski definition) is 5. The van der Waals surface area contributed by atoms with Crippen LogP contribution in [0.4, 0.5) is 5.95 Å². The number of imidazole rings is 1. The minimum Gasteiger partial charge on any atom is -0.368 e. The first-order valence-corrected chi connectivity index (χ1v) is 6.86. The third-order valence-electron chi connectivity index (χ3n) is 2.45. The molecule has 0 radical (unpaired) electrons. The molecule has 0 aliphatic rings. The Morgan fingerprint density at radius 3 is 2.53 bits per heavy atom. The maximum atomic E-state index is 11.6. The second kappa shape index (κ2) is 3.63. The van der Waals surface area contributed by atoms with Crippen LogP contribution in [0.25, 0.3) is 11.0 Å². The van der Waals surface area contributed by atoms with Gasteiger partial charge in [-0.05, 0) is 12.1 Å². The lowest BCUT2D eigenvalue weighted by Crippen LogP contribution is -2.26. The summed E-state index contributed by atoms with van der Waals surface area (Å²) in [4.78, 5) is 4.32. The molecule has 1 heterocycles. The number of sulfone groups is 1. The number of rotatable bonds is 2. The standard InChI is InChI=1S/C10H14N4O2S/c1-13(2)14-7-5-4-6-8(17(3,15)16)9(7)12-10(14)11/h4-6H,1-3H3,(H2,11,12). The molecule has 6 nitrogen and oxygen atoms in total. The average Bonchev–Trinajstić information content (AvgIpc) is 2.51. The Labute approximate surface area is 99.5 Å². The van der Waals surface area contributed by atoms with E-state index in [4.69, 9.17) is 5.73 Å². The van der Waals surface area contributed by atoms with Crippen LogP contribution in [-0.2, 0) is 9.84 Å². The molecular formula is C10H14N4O2S. The Morgan fingerprint density at radius 1 is 1.35 bits per heavy atom. The summed E-state index contributed by atoms with van der Waals surface area (Å²) in [6.45, 7) is 0. The number of nitrogens with two attached hydrogens (primary N) is 1. The molecule has 0 aliphatic carbocycles. The van der Waals surface area contributed by atoms with Gasteiger partial charge in [-0.25, -0.2) is 18.1 Å². The van der Waals surface area contributed by atoms with Crippen molar-refractivity contribution >= 4 is 26.8 Å². The van der Waals surface area contributed by atoms with Crippen molar-refractivity contribution in [2.75, 3.05) is 31.1 Å². The van der Waals surface area contributed by atoms with Crippen LogP contribution in [0.15, 0.2) is 23.1 Å². The van der Waals surface area contributed by atoms with Crippen molar-refractivity contribution < 1.29 is 8.42 Å². The topological polar surface area (TPSA) is 81.2 Å². The molecule has 0 aliphatic heterocycles. The minimum absolute atomic E-state index is 0.197. The molecule has 0 saturated heterocycles. The number of anilines is 1. The highest BCUT2D eigenvalue weighted by Crippen LogP contribution is 2.24. The molecule has 0 amide bonds. The normalized spacial score (nSPS) is 11.9. The van der Waals surface area contributed by atoms with E-state index in [2.05, 4.69) is 4.98 Å². The molecule has 0 atom stereocenters. The van der Waals surface area contributed by atoms with Crippen molar-refractivity contribution in [2.24, 2.45) is 0 Å². The van der Waals surface area contributed by atoms with Gasteiger partial charge in [0, 0.05) is 20.4 Å². The predicted molar refractivity (Wildman–Crippen MR) is 67.3 cm³/mol. The summed E-state index contributed by atoms with van der Waals surface area (Å²) < 4.78 is 24.9. The minimum atomic E-state index is -3.31. The van der Waals surface area contributed by atoms with E-state index in [-0.39, 0.29) is 10.8 Å². The fourth-order valence-electron chi connectivity index (χ4n) is 1.80. The largest absolute Gasteiger partial charge is 0.368 e. The summed E-state index contributed by atoms with van der Waals surface area (Å²) in [5.41, 5.74) is 6.86. The smallest absolute Gasteiger partial charge is 0.220 e. The second-order valence-electron chi connectivity index (χ2n) is 4.03. The molecule has 1 aromatic heterocycles. The molecule has 0 unspecified atom stereocenters. The number of nitrogen functional groups attached to an aromatic ring is 1. The van der Waals surface area contributed by atoms with E-state index in [1.807, 2.05) is 14.1 Å². The molecule has 0 bridgehead atoms. The number of aromatic nitrogens is 2. The van der Waals surface area contributed by atoms with Crippen molar-refractivity contribution in [3.8, 4) is 0 Å². The van der Waals surface area contributed by atoms with Gasteiger partial charge >= 0.3 is 0 Å². The van der Waals surface area contributed by atoms with Crippen molar-refractivity contribution in [2.45, 2.75) is 4.90 Å². The van der Waals surface area contributed by atoms with Gasteiger partial charge in [0.05, 0.1) is 10.4 Å². The summed E-state index contributed by atoms with van der Waals surface area (Å²) in [5.74, 6) is 0.265. The van der Waals surface area contributed by atoms with Crippen LogP contribution in [-0.4, -0.2) is 38.4 Å². The molecule has 2 rings (SSSR count). The van der Waals surface area contributed by atoms with Gasteiger partial charge in [-0.15, -0.1) is 0 Å². The fraction of sp³-hybridized carbons (Fsp3) is 0.300. The molecule has 1 aromatic carbocycles. The molecule has 92 valence electrons. The Morgan fingerprint density at radius 2 is 2.00 bits per heavy atom. The predicted octanol–water partition coefficient (Wildman–Crippen LogP) is 0.220. The van der Waals surface area contributed by atoms with Gasteiger partial charge in [-0.3, -0.25) is 0 Å². The highest BCUT2D eigenvalue weighted by atomic mass is 32.2. The third kappa shape index (κ3) is 1.82. The molecule has 0 fully saturated rings. The van der Waals surface area contributed by atoms with E-state index in [9.17, 15) is 8.42 Å². The molecular weight excluding hydrogens is 240 g/mol. The van der Waals surface area contributed by atoms with E-state index in [0.717, 1.165) is 6.26 Å². The van der Waals surface area contributed by atoms with E-state index < -0.39 is 9.84 Å². The van der Waals surface area contributed by atoms with Crippen LogP contribution in [0.1, 0.15) is 0 Å². The molecule has 0 saturated carbocycles. The summed E-state index contributed by atoms with van der Waals surface area (Å²) >= 11 is 0. The number of para-hydroxylation sites is 1. The van der Waals surface area contributed by atoms with Crippen LogP contribution < -0.4 is 10.7 Å². The summed E-state index contributed by atoms with van der Waals surface area (Å²) in [5, 5.41) is 1.75. The number of benzene rings is 1. The lowest BCUT2D eigenvalue weighted by atomic mass is 10.3. The Bertz CT molecular complexity index is 673. The Hall–Kier alpha value is -1.76. The van der Waals surface area contributed by atoms with Gasteiger partial charge in [0.2, 0.25) is 5.95 Å². The zero-order chi connectivity index (χ0) is 12.8. The molecule has 0 spiro atoms. The first-order valence-electron chi connectivity index (χ1n) is 4.97. The summed E-state index contributed by atoms with van der Waals surface area (Å²) in [7, 11) is 0.312. The van der Waals surface area contributed by atoms with Crippen LogP contribution >= 0.6 is 0 Å². The fourth-order valence-corrected chi connectivity index (χ4v) is 2.63. The number of nitrogens with zero attached hydrogens (tertiary/aromatic N) is 3. The van der Waals surface area contributed by atoms with Crippen LogP contribution in [0.2, 0.25) is 0 Å². The van der Waals surface area contributed by atoms with Gasteiger partial charge in [0.25, 0.3) is 0 Å².